The number of amidine groups is 1. The van der Waals surface area contributed by atoms with E-state index in [1.54, 1.807) is 12.1 Å². The van der Waals surface area contributed by atoms with Crippen molar-refractivity contribution < 1.29 is 13.2 Å². The largest absolute Gasteiger partial charge is 0.325 e. The first-order chi connectivity index (χ1) is 14.0. The molecule has 1 aliphatic carbocycles. The third-order valence-corrected chi connectivity index (χ3v) is 7.68. The summed E-state index contributed by atoms with van der Waals surface area (Å²) in [6, 6.07) is 6.40. The van der Waals surface area contributed by atoms with Crippen molar-refractivity contribution in [3.05, 3.63) is 24.3 Å². The summed E-state index contributed by atoms with van der Waals surface area (Å²) in [6.07, 6.45) is 7.97. The van der Waals surface area contributed by atoms with E-state index in [1.807, 2.05) is 0 Å². The zero-order chi connectivity index (χ0) is 20.3. The number of rotatable bonds is 5. The lowest BCUT2D eigenvalue weighted by Crippen LogP contribution is -2.44. The van der Waals surface area contributed by atoms with Gasteiger partial charge in [-0.1, -0.05) is 25.3 Å². The number of sulfonamides is 1. The molecule has 8 heteroatoms. The molecule has 29 heavy (non-hydrogen) atoms. The number of anilines is 1. The maximum atomic E-state index is 12.6. The lowest BCUT2D eigenvalue weighted by Gasteiger charge is -2.41. The average Bonchev–Trinajstić information content (AvgIpc) is 3.20. The van der Waals surface area contributed by atoms with Crippen LogP contribution in [0.2, 0.25) is 0 Å². The fourth-order valence-corrected chi connectivity index (χ4v) is 5.94. The number of aliphatic imine (C=N–C) groups is 1. The van der Waals surface area contributed by atoms with Gasteiger partial charge in [0.05, 0.1) is 11.4 Å². The Balaban J connectivity index is 1.34. The molecule has 2 N–H and O–H groups in total. The molecule has 0 spiro atoms. The highest BCUT2D eigenvalue weighted by Crippen LogP contribution is 2.35. The Morgan fingerprint density at radius 3 is 2.76 bits per heavy atom. The fourth-order valence-electron chi connectivity index (χ4n) is 4.80. The van der Waals surface area contributed by atoms with Crippen LogP contribution in [0.3, 0.4) is 0 Å². The summed E-state index contributed by atoms with van der Waals surface area (Å²) in [5.74, 6) is 1.97. The van der Waals surface area contributed by atoms with Crippen molar-refractivity contribution in [2.24, 2.45) is 16.8 Å². The third-order valence-electron chi connectivity index (χ3n) is 6.30. The van der Waals surface area contributed by atoms with Gasteiger partial charge in [0.2, 0.25) is 5.91 Å². The number of likely N-dealkylation sites (tertiary alicyclic amines) is 1. The Kier molecular flexibility index (Phi) is 6.20. The Labute approximate surface area is 173 Å². The van der Waals surface area contributed by atoms with E-state index in [-0.39, 0.29) is 10.8 Å². The zero-order valence-corrected chi connectivity index (χ0v) is 17.6. The molecule has 2 fully saturated rings. The van der Waals surface area contributed by atoms with Crippen LogP contribution in [0.25, 0.3) is 0 Å². The number of fused-ring (bicyclic) bond motifs is 1. The molecule has 0 aromatic heterocycles. The minimum absolute atomic E-state index is 0.0954. The van der Waals surface area contributed by atoms with Crippen LogP contribution < -0.4 is 10.0 Å². The lowest BCUT2D eigenvalue weighted by atomic mass is 9.75. The van der Waals surface area contributed by atoms with Crippen LogP contribution in [0, 0.1) is 11.8 Å². The van der Waals surface area contributed by atoms with Gasteiger partial charge in [-0.15, -0.1) is 0 Å². The number of nitrogens with one attached hydrogen (secondary N) is 2. The van der Waals surface area contributed by atoms with Gasteiger partial charge >= 0.3 is 0 Å². The van der Waals surface area contributed by atoms with Crippen molar-refractivity contribution >= 4 is 27.5 Å². The molecule has 7 nitrogen and oxygen atoms in total. The van der Waals surface area contributed by atoms with E-state index in [4.69, 9.17) is 0 Å². The number of benzene rings is 1. The average molecular weight is 419 g/mol. The van der Waals surface area contributed by atoms with Gasteiger partial charge in [0.15, 0.2) is 0 Å². The SMILES string of the molecule is O=C(CN1CC[C@H]2CCCC[C@@H]2C1)Nc1cccc(S(=O)(=O)NC2=NCCC2)c1. The van der Waals surface area contributed by atoms with Crippen LogP contribution in [0.4, 0.5) is 5.69 Å². The van der Waals surface area contributed by atoms with Crippen molar-refractivity contribution in [1.29, 1.82) is 0 Å². The van der Waals surface area contributed by atoms with E-state index in [0.29, 0.717) is 31.0 Å². The summed E-state index contributed by atoms with van der Waals surface area (Å²) < 4.78 is 27.7. The summed E-state index contributed by atoms with van der Waals surface area (Å²) in [7, 11) is -3.69. The van der Waals surface area contributed by atoms with Gasteiger partial charge in [-0.2, -0.15) is 0 Å². The highest BCUT2D eigenvalue weighted by atomic mass is 32.2. The molecule has 1 saturated carbocycles. The maximum absolute atomic E-state index is 12.6. The van der Waals surface area contributed by atoms with Crippen molar-refractivity contribution in [2.75, 3.05) is 31.5 Å². The number of carbonyl (C=O) groups excluding carboxylic acids is 1. The minimum atomic E-state index is -3.69. The van der Waals surface area contributed by atoms with E-state index < -0.39 is 10.0 Å². The van der Waals surface area contributed by atoms with Gasteiger partial charge in [-0.05, 0) is 55.8 Å². The molecule has 1 amide bonds. The van der Waals surface area contributed by atoms with E-state index in [2.05, 4.69) is 19.9 Å². The van der Waals surface area contributed by atoms with Gasteiger partial charge < -0.3 is 5.32 Å². The minimum Gasteiger partial charge on any atom is -0.325 e. The first-order valence-corrected chi connectivity index (χ1v) is 12.2. The molecular weight excluding hydrogens is 388 g/mol. The Morgan fingerprint density at radius 2 is 1.97 bits per heavy atom. The fraction of sp³-hybridized carbons (Fsp3) is 0.619. The van der Waals surface area contributed by atoms with E-state index in [1.165, 1.54) is 44.2 Å². The first-order valence-electron chi connectivity index (χ1n) is 10.7. The highest BCUT2D eigenvalue weighted by molar-refractivity contribution is 7.90. The summed E-state index contributed by atoms with van der Waals surface area (Å²) in [5.41, 5.74) is 0.499. The number of hydrogen-bond acceptors (Lipinski definition) is 5. The Hall–Kier alpha value is -1.93. The van der Waals surface area contributed by atoms with Crippen LogP contribution in [0.15, 0.2) is 34.2 Å². The van der Waals surface area contributed by atoms with Crippen LogP contribution in [0.5, 0.6) is 0 Å². The number of carbonyl (C=O) groups is 1. The molecule has 0 radical (unpaired) electrons. The van der Waals surface area contributed by atoms with Crippen molar-refractivity contribution in [2.45, 2.75) is 49.8 Å². The zero-order valence-electron chi connectivity index (χ0n) is 16.8. The molecule has 2 heterocycles. The molecule has 1 aromatic carbocycles. The van der Waals surface area contributed by atoms with Gasteiger partial charge in [-0.25, -0.2) is 8.42 Å². The normalized spacial score (nSPS) is 25.2. The number of nitrogens with zero attached hydrogens (tertiary/aromatic N) is 2. The summed E-state index contributed by atoms with van der Waals surface area (Å²) in [5, 5.41) is 2.86. The number of hydrogen-bond donors (Lipinski definition) is 2. The Bertz CT molecular complexity index is 884. The smallest absolute Gasteiger partial charge is 0.262 e. The summed E-state index contributed by atoms with van der Waals surface area (Å²) in [6.45, 7) is 2.98. The van der Waals surface area contributed by atoms with Crippen LogP contribution in [-0.4, -0.2) is 51.2 Å². The number of piperidine rings is 1. The second-order valence-corrected chi connectivity index (χ2v) is 10.1. The third kappa shape index (κ3) is 5.17. The molecular formula is C21H30N4O3S. The van der Waals surface area contributed by atoms with Crippen LogP contribution in [0.1, 0.15) is 44.9 Å². The monoisotopic (exact) mass is 418 g/mol. The van der Waals surface area contributed by atoms with Crippen LogP contribution in [-0.2, 0) is 14.8 Å². The molecule has 2 aliphatic heterocycles. The number of amides is 1. The molecule has 1 aromatic rings. The highest BCUT2D eigenvalue weighted by Gasteiger charge is 2.31. The first kappa shape index (κ1) is 20.3. The molecule has 4 rings (SSSR count). The summed E-state index contributed by atoms with van der Waals surface area (Å²) >= 11 is 0. The molecule has 2 atom stereocenters. The quantitative estimate of drug-likeness (QED) is 0.769. The second-order valence-electron chi connectivity index (χ2n) is 8.44. The van der Waals surface area contributed by atoms with Gasteiger partial charge in [0.1, 0.15) is 5.84 Å². The maximum Gasteiger partial charge on any atom is 0.262 e. The molecule has 3 aliphatic rings. The van der Waals surface area contributed by atoms with Gasteiger partial charge in [0.25, 0.3) is 10.0 Å². The predicted molar refractivity (Wildman–Crippen MR) is 113 cm³/mol. The standard InChI is InChI=1S/C21H30N4O3S/c26-21(15-25-12-10-16-5-1-2-6-17(16)14-25)23-18-7-3-8-19(13-18)29(27,28)24-20-9-4-11-22-20/h3,7-8,13,16-17H,1-2,4-6,9-12,14-15H2,(H,22,24)(H,23,26)/t16-,17-/m1/s1. The Morgan fingerprint density at radius 1 is 1.14 bits per heavy atom. The molecule has 0 unspecified atom stereocenters. The molecule has 1 saturated heterocycles. The van der Waals surface area contributed by atoms with Crippen molar-refractivity contribution in [1.82, 2.24) is 9.62 Å². The molecule has 158 valence electrons. The lowest BCUT2D eigenvalue weighted by molar-refractivity contribution is -0.118. The van der Waals surface area contributed by atoms with Gasteiger partial charge in [0, 0.05) is 25.2 Å². The van der Waals surface area contributed by atoms with E-state index >= 15 is 0 Å². The second kappa shape index (κ2) is 8.83. The van der Waals surface area contributed by atoms with Gasteiger partial charge in [-0.3, -0.25) is 19.4 Å². The van der Waals surface area contributed by atoms with Crippen LogP contribution >= 0.6 is 0 Å². The van der Waals surface area contributed by atoms with E-state index in [9.17, 15) is 13.2 Å². The van der Waals surface area contributed by atoms with Crippen molar-refractivity contribution in [3.63, 3.8) is 0 Å². The topological polar surface area (TPSA) is 90.9 Å². The van der Waals surface area contributed by atoms with E-state index in [0.717, 1.165) is 31.3 Å². The summed E-state index contributed by atoms with van der Waals surface area (Å²) in [4.78, 5) is 19.1. The van der Waals surface area contributed by atoms with Crippen molar-refractivity contribution in [3.8, 4) is 0 Å². The molecule has 0 bridgehead atoms. The predicted octanol–water partition coefficient (Wildman–Crippen LogP) is 2.61.